The molecule has 1 fully saturated rings. The Morgan fingerprint density at radius 2 is 1.06 bits per heavy atom. The number of benzene rings is 4. The summed E-state index contributed by atoms with van der Waals surface area (Å²) in [5.41, 5.74) is 0. The molecule has 4 aromatic carbocycles. The first-order valence-electron chi connectivity index (χ1n) is 12.0. The first-order chi connectivity index (χ1) is 17.3. The van der Waals surface area contributed by atoms with Crippen molar-refractivity contribution in [3.63, 3.8) is 0 Å². The molecule has 0 atom stereocenters. The number of sulfonamides is 2. The van der Waals surface area contributed by atoms with Crippen LogP contribution in [0.15, 0.2) is 94.7 Å². The Morgan fingerprint density at radius 1 is 0.611 bits per heavy atom. The highest BCUT2D eigenvalue weighted by Crippen LogP contribution is 2.28. The van der Waals surface area contributed by atoms with E-state index in [9.17, 15) is 16.8 Å². The van der Waals surface area contributed by atoms with Crippen molar-refractivity contribution in [2.24, 2.45) is 0 Å². The second kappa shape index (κ2) is 9.91. The molecule has 0 saturated carbocycles. The number of nitrogens with zero attached hydrogens (tertiary/aromatic N) is 3. The summed E-state index contributed by atoms with van der Waals surface area (Å²) >= 11 is 0. The molecule has 188 valence electrons. The molecule has 1 saturated heterocycles. The average molecular weight is 524 g/mol. The van der Waals surface area contributed by atoms with E-state index in [1.807, 2.05) is 53.4 Å². The Balaban J connectivity index is 1.50. The molecule has 5 rings (SSSR count). The molecule has 0 aromatic heterocycles. The predicted molar refractivity (Wildman–Crippen MR) is 142 cm³/mol. The van der Waals surface area contributed by atoms with Crippen LogP contribution in [0, 0.1) is 0 Å². The number of unbranched alkanes of at least 4 members (excludes halogenated alkanes) is 1. The van der Waals surface area contributed by atoms with Crippen LogP contribution >= 0.6 is 0 Å². The van der Waals surface area contributed by atoms with E-state index in [0.717, 1.165) is 34.4 Å². The van der Waals surface area contributed by atoms with Gasteiger partial charge in [-0.05, 0) is 52.2 Å². The van der Waals surface area contributed by atoms with Gasteiger partial charge in [-0.3, -0.25) is 4.90 Å². The second-order valence-corrected chi connectivity index (χ2v) is 13.0. The van der Waals surface area contributed by atoms with Gasteiger partial charge in [0.05, 0.1) is 29.8 Å². The molecular weight excluding hydrogens is 494 g/mol. The van der Waals surface area contributed by atoms with Crippen LogP contribution in [-0.4, -0.2) is 56.9 Å². The number of rotatable bonds is 7. The summed E-state index contributed by atoms with van der Waals surface area (Å²) in [6.07, 6.45) is 1.76. The van der Waals surface area contributed by atoms with E-state index >= 15 is 0 Å². The van der Waals surface area contributed by atoms with Crippen LogP contribution < -0.4 is 0 Å². The largest absolute Gasteiger partial charge is 0.275 e. The lowest BCUT2D eigenvalue weighted by atomic mass is 10.1. The third-order valence-electron chi connectivity index (χ3n) is 6.58. The number of hydrogen-bond donors (Lipinski definition) is 0. The van der Waals surface area contributed by atoms with Gasteiger partial charge >= 0.3 is 0 Å². The summed E-state index contributed by atoms with van der Waals surface area (Å²) in [6, 6.07) is 25.2. The van der Waals surface area contributed by atoms with Crippen molar-refractivity contribution in [2.75, 3.05) is 26.6 Å². The molecule has 1 aliphatic heterocycles. The van der Waals surface area contributed by atoms with Crippen LogP contribution in [0.25, 0.3) is 21.5 Å². The third-order valence-corrected chi connectivity index (χ3v) is 10.1. The normalized spacial score (nSPS) is 16.6. The van der Waals surface area contributed by atoms with Gasteiger partial charge in [-0.15, -0.1) is 0 Å². The molecule has 0 spiro atoms. The summed E-state index contributed by atoms with van der Waals surface area (Å²) in [6.45, 7) is 2.69. The average Bonchev–Trinajstić information content (AvgIpc) is 2.91. The minimum atomic E-state index is -3.94. The van der Waals surface area contributed by atoms with E-state index < -0.39 is 20.0 Å². The van der Waals surface area contributed by atoms with E-state index in [1.165, 1.54) is 8.61 Å². The van der Waals surface area contributed by atoms with Crippen LogP contribution in [-0.2, 0) is 20.0 Å². The molecule has 0 unspecified atom stereocenters. The fourth-order valence-electron chi connectivity index (χ4n) is 4.54. The van der Waals surface area contributed by atoms with E-state index in [0.29, 0.717) is 6.54 Å². The van der Waals surface area contributed by atoms with Gasteiger partial charge in [-0.1, -0.05) is 74.0 Å². The van der Waals surface area contributed by atoms with Crippen molar-refractivity contribution in [1.82, 2.24) is 13.5 Å². The third kappa shape index (κ3) is 4.77. The molecular formula is C27H29N3O4S2. The standard InChI is InChI=1S/C27H29N3O4S2/c1-2-3-16-28-19-29(35(31,32)26-14-12-22-8-4-6-10-24(22)17-26)21-30(20-28)36(33,34)27-15-13-23-9-5-7-11-25(23)18-27/h4-15,17-18H,2-3,16,19-21H2,1H3. The van der Waals surface area contributed by atoms with Crippen molar-refractivity contribution >= 4 is 41.6 Å². The second-order valence-electron chi connectivity index (χ2n) is 9.10. The van der Waals surface area contributed by atoms with Crippen LogP contribution in [0.3, 0.4) is 0 Å². The van der Waals surface area contributed by atoms with Crippen LogP contribution in [0.5, 0.6) is 0 Å². The molecule has 9 heteroatoms. The van der Waals surface area contributed by atoms with Crippen molar-refractivity contribution in [2.45, 2.75) is 29.6 Å². The minimum Gasteiger partial charge on any atom is -0.275 e. The molecule has 0 aliphatic carbocycles. The van der Waals surface area contributed by atoms with Crippen molar-refractivity contribution in [3.05, 3.63) is 84.9 Å². The maximum atomic E-state index is 13.7. The summed E-state index contributed by atoms with van der Waals surface area (Å²) in [5.74, 6) is 0. The Kier molecular flexibility index (Phi) is 6.84. The molecule has 0 amide bonds. The minimum absolute atomic E-state index is 0.138. The lowest BCUT2D eigenvalue weighted by Gasteiger charge is -2.40. The van der Waals surface area contributed by atoms with E-state index in [2.05, 4.69) is 6.92 Å². The molecule has 0 bridgehead atoms. The van der Waals surface area contributed by atoms with Gasteiger partial charge in [0.25, 0.3) is 0 Å². The monoisotopic (exact) mass is 523 g/mol. The Morgan fingerprint density at radius 3 is 1.50 bits per heavy atom. The first kappa shape index (κ1) is 24.9. The fourth-order valence-corrected chi connectivity index (χ4v) is 7.45. The molecule has 0 radical (unpaired) electrons. The fraction of sp³-hybridized carbons (Fsp3) is 0.259. The Labute approximate surface area is 212 Å². The quantitative estimate of drug-likeness (QED) is 0.352. The zero-order valence-corrected chi connectivity index (χ0v) is 21.7. The van der Waals surface area contributed by atoms with Gasteiger partial charge in [0.2, 0.25) is 20.0 Å². The number of fused-ring (bicyclic) bond motifs is 2. The topological polar surface area (TPSA) is 78.0 Å². The van der Waals surface area contributed by atoms with Crippen molar-refractivity contribution in [3.8, 4) is 0 Å². The molecule has 0 N–H and O–H groups in total. The summed E-state index contributed by atoms with van der Waals surface area (Å²) < 4.78 is 57.4. The lowest BCUT2D eigenvalue weighted by Crippen LogP contribution is -2.57. The molecule has 7 nitrogen and oxygen atoms in total. The lowest BCUT2D eigenvalue weighted by molar-refractivity contribution is 0.0627. The Hall–Kier alpha value is -2.82. The SMILES string of the molecule is CCCCN1CN(S(=O)(=O)c2ccc3ccccc3c2)CN(S(=O)(=O)c2ccc3ccccc3c2)C1. The molecule has 4 aromatic rings. The van der Waals surface area contributed by atoms with Gasteiger partial charge in [-0.2, -0.15) is 8.61 Å². The van der Waals surface area contributed by atoms with Crippen molar-refractivity contribution in [1.29, 1.82) is 0 Å². The first-order valence-corrected chi connectivity index (χ1v) is 14.9. The van der Waals surface area contributed by atoms with E-state index in [4.69, 9.17) is 0 Å². The highest BCUT2D eigenvalue weighted by atomic mass is 32.2. The highest BCUT2D eigenvalue weighted by molar-refractivity contribution is 7.90. The maximum absolute atomic E-state index is 13.7. The van der Waals surface area contributed by atoms with Crippen molar-refractivity contribution < 1.29 is 16.8 Å². The van der Waals surface area contributed by atoms with Gasteiger partial charge in [-0.25, -0.2) is 16.8 Å². The molecule has 1 heterocycles. The van der Waals surface area contributed by atoms with Crippen LogP contribution in [0.4, 0.5) is 0 Å². The zero-order valence-electron chi connectivity index (χ0n) is 20.1. The highest BCUT2D eigenvalue weighted by Gasteiger charge is 2.38. The van der Waals surface area contributed by atoms with Gasteiger partial charge in [0.15, 0.2) is 0 Å². The van der Waals surface area contributed by atoms with Gasteiger partial charge < -0.3 is 0 Å². The van der Waals surface area contributed by atoms with E-state index in [-0.39, 0.29) is 29.8 Å². The van der Waals surface area contributed by atoms with E-state index in [1.54, 1.807) is 36.4 Å². The van der Waals surface area contributed by atoms with Gasteiger partial charge in [0.1, 0.15) is 0 Å². The molecule has 36 heavy (non-hydrogen) atoms. The molecule has 1 aliphatic rings. The smallest absolute Gasteiger partial charge is 0.245 e. The van der Waals surface area contributed by atoms with Gasteiger partial charge in [0, 0.05) is 6.54 Å². The predicted octanol–water partition coefficient (Wildman–Crippen LogP) is 4.66. The number of hydrogen-bond acceptors (Lipinski definition) is 5. The van der Waals surface area contributed by atoms with Crippen LogP contribution in [0.1, 0.15) is 19.8 Å². The summed E-state index contributed by atoms with van der Waals surface area (Å²) in [4.78, 5) is 2.19. The summed E-state index contributed by atoms with van der Waals surface area (Å²) in [5, 5.41) is 3.53. The zero-order chi connectivity index (χ0) is 25.3. The Bertz CT molecular complexity index is 1500. The summed E-state index contributed by atoms with van der Waals surface area (Å²) in [7, 11) is -7.87. The van der Waals surface area contributed by atoms with Crippen LogP contribution in [0.2, 0.25) is 0 Å². The maximum Gasteiger partial charge on any atom is 0.245 e.